The Morgan fingerprint density at radius 2 is 2.19 bits per heavy atom. The Morgan fingerprint density at radius 3 is 2.76 bits per heavy atom. The molecule has 9 heteroatoms. The number of methoxy groups -OCH3 is 1. The summed E-state index contributed by atoms with van der Waals surface area (Å²) < 4.78 is 31.4. The molecule has 112 valence electrons. The van der Waals surface area contributed by atoms with E-state index in [0.29, 0.717) is 11.4 Å². The molecule has 0 aliphatic heterocycles. The molecule has 2 rings (SSSR count). The summed E-state index contributed by atoms with van der Waals surface area (Å²) in [7, 11) is -2.29. The summed E-state index contributed by atoms with van der Waals surface area (Å²) >= 11 is 5.61. The summed E-state index contributed by atoms with van der Waals surface area (Å²) in [6, 6.07) is 4.41. The Kier molecular flexibility index (Phi) is 4.61. The van der Waals surface area contributed by atoms with Crippen molar-refractivity contribution in [3.8, 4) is 5.88 Å². The molecule has 0 spiro atoms. The van der Waals surface area contributed by atoms with Gasteiger partial charge in [0, 0.05) is 25.0 Å². The number of H-pyrrole nitrogens is 1. The third-order valence-corrected chi connectivity index (χ3v) is 4.28. The van der Waals surface area contributed by atoms with Gasteiger partial charge in [0.15, 0.2) is 0 Å². The molecule has 0 aliphatic carbocycles. The van der Waals surface area contributed by atoms with Crippen LogP contribution in [0.4, 0.5) is 0 Å². The first kappa shape index (κ1) is 15.5. The molecule has 2 aromatic heterocycles. The van der Waals surface area contributed by atoms with Crippen molar-refractivity contribution in [3.05, 3.63) is 51.5 Å². The fourth-order valence-corrected chi connectivity index (χ4v) is 2.74. The number of ether oxygens (including phenoxy) is 1. The minimum atomic E-state index is -3.78. The van der Waals surface area contributed by atoms with Crippen LogP contribution < -0.4 is 15.0 Å². The van der Waals surface area contributed by atoms with Crippen molar-refractivity contribution in [3.63, 3.8) is 0 Å². The van der Waals surface area contributed by atoms with E-state index in [-0.39, 0.29) is 16.5 Å². The molecular formula is C12H12ClN3O4S. The van der Waals surface area contributed by atoms with Crippen molar-refractivity contribution in [1.29, 1.82) is 0 Å². The number of aromatic nitrogens is 2. The number of sulfonamides is 1. The number of nitrogens with one attached hydrogen (secondary N) is 2. The van der Waals surface area contributed by atoms with Crippen molar-refractivity contribution < 1.29 is 13.2 Å². The Morgan fingerprint density at radius 1 is 1.43 bits per heavy atom. The second-order valence-corrected chi connectivity index (χ2v) is 6.22. The average Bonchev–Trinajstić information content (AvgIpc) is 2.48. The van der Waals surface area contributed by atoms with Gasteiger partial charge in [-0.1, -0.05) is 17.7 Å². The van der Waals surface area contributed by atoms with Crippen LogP contribution in [-0.4, -0.2) is 25.5 Å². The Bertz CT molecular complexity index is 787. The van der Waals surface area contributed by atoms with Gasteiger partial charge in [-0.05, 0) is 11.6 Å². The van der Waals surface area contributed by atoms with Crippen LogP contribution in [0.1, 0.15) is 5.56 Å². The summed E-state index contributed by atoms with van der Waals surface area (Å²) in [4.78, 5) is 17.2. The van der Waals surface area contributed by atoms with Gasteiger partial charge < -0.3 is 9.72 Å². The standard InChI is InChI=1S/C12H12ClN3O4S/c1-20-11-3-2-8(5-14-11)6-16-21(18,19)9-4-10(13)12(17)15-7-9/h2-5,7,16H,6H2,1H3,(H,15,17). The van der Waals surface area contributed by atoms with Crippen molar-refractivity contribution in [2.75, 3.05) is 7.11 Å². The van der Waals surface area contributed by atoms with Crippen molar-refractivity contribution in [2.24, 2.45) is 0 Å². The van der Waals surface area contributed by atoms with Gasteiger partial charge >= 0.3 is 0 Å². The van der Waals surface area contributed by atoms with Crippen LogP contribution in [0.25, 0.3) is 0 Å². The summed E-state index contributed by atoms with van der Waals surface area (Å²) in [5, 5.41) is -0.191. The van der Waals surface area contributed by atoms with E-state index in [1.165, 1.54) is 13.3 Å². The number of hydrogen-bond acceptors (Lipinski definition) is 5. The largest absolute Gasteiger partial charge is 0.481 e. The van der Waals surface area contributed by atoms with E-state index in [0.717, 1.165) is 12.3 Å². The minimum Gasteiger partial charge on any atom is -0.481 e. The predicted octanol–water partition coefficient (Wildman–Crippen LogP) is 0.910. The third-order valence-electron chi connectivity index (χ3n) is 2.61. The molecule has 2 aromatic rings. The molecule has 2 heterocycles. The monoisotopic (exact) mass is 329 g/mol. The smallest absolute Gasteiger partial charge is 0.266 e. The van der Waals surface area contributed by atoms with Crippen LogP contribution >= 0.6 is 11.6 Å². The fourth-order valence-electron chi connectivity index (χ4n) is 1.49. The zero-order valence-corrected chi connectivity index (χ0v) is 12.5. The Labute approximate surface area is 126 Å². The lowest BCUT2D eigenvalue weighted by Crippen LogP contribution is -2.24. The van der Waals surface area contributed by atoms with Crippen molar-refractivity contribution in [1.82, 2.24) is 14.7 Å². The molecule has 0 amide bonds. The van der Waals surface area contributed by atoms with E-state index in [2.05, 4.69) is 14.7 Å². The summed E-state index contributed by atoms with van der Waals surface area (Å²) in [6.07, 6.45) is 2.59. The van der Waals surface area contributed by atoms with E-state index in [1.807, 2.05) is 0 Å². The Balaban J connectivity index is 2.13. The van der Waals surface area contributed by atoms with Gasteiger partial charge in [-0.2, -0.15) is 0 Å². The lowest BCUT2D eigenvalue weighted by Gasteiger charge is -2.07. The van der Waals surface area contributed by atoms with Crippen LogP contribution in [0.3, 0.4) is 0 Å². The SMILES string of the molecule is COc1ccc(CNS(=O)(=O)c2c[nH]c(=O)c(Cl)c2)cn1. The molecule has 21 heavy (non-hydrogen) atoms. The molecule has 0 aromatic carbocycles. The highest BCUT2D eigenvalue weighted by atomic mass is 35.5. The maximum absolute atomic E-state index is 12.1. The maximum atomic E-state index is 12.1. The summed E-state index contributed by atoms with van der Waals surface area (Å²) in [5.41, 5.74) is 0.116. The second kappa shape index (κ2) is 6.25. The van der Waals surface area contributed by atoms with E-state index in [9.17, 15) is 13.2 Å². The topological polar surface area (TPSA) is 101 Å². The van der Waals surface area contributed by atoms with Crippen LogP contribution in [0, 0.1) is 0 Å². The predicted molar refractivity (Wildman–Crippen MR) is 76.9 cm³/mol. The summed E-state index contributed by atoms with van der Waals surface area (Å²) in [5.74, 6) is 0.439. The number of rotatable bonds is 5. The number of halogens is 1. The second-order valence-electron chi connectivity index (χ2n) is 4.05. The highest BCUT2D eigenvalue weighted by molar-refractivity contribution is 7.89. The molecule has 0 bridgehead atoms. The zero-order chi connectivity index (χ0) is 15.5. The molecule has 0 saturated carbocycles. The van der Waals surface area contributed by atoms with Gasteiger partial charge in [-0.25, -0.2) is 18.1 Å². The molecule has 0 atom stereocenters. The third kappa shape index (κ3) is 3.81. The zero-order valence-electron chi connectivity index (χ0n) is 11.0. The lowest BCUT2D eigenvalue weighted by molar-refractivity contribution is 0.397. The van der Waals surface area contributed by atoms with Crippen LogP contribution in [0.15, 0.2) is 40.3 Å². The van der Waals surface area contributed by atoms with Gasteiger partial charge in [0.1, 0.15) is 5.02 Å². The number of hydrogen-bond donors (Lipinski definition) is 2. The van der Waals surface area contributed by atoms with Gasteiger partial charge in [0.2, 0.25) is 15.9 Å². The van der Waals surface area contributed by atoms with Crippen LogP contribution in [0.5, 0.6) is 5.88 Å². The van der Waals surface area contributed by atoms with E-state index < -0.39 is 15.6 Å². The molecule has 0 fully saturated rings. The van der Waals surface area contributed by atoms with Crippen molar-refractivity contribution >= 4 is 21.6 Å². The number of pyridine rings is 2. The molecule has 0 unspecified atom stereocenters. The first-order valence-electron chi connectivity index (χ1n) is 5.79. The quantitative estimate of drug-likeness (QED) is 0.849. The van der Waals surface area contributed by atoms with Gasteiger partial charge in [0.25, 0.3) is 5.56 Å². The lowest BCUT2D eigenvalue weighted by atomic mass is 10.3. The molecule has 0 saturated heterocycles. The summed E-state index contributed by atoms with van der Waals surface area (Å²) in [6.45, 7) is 0.0517. The minimum absolute atomic E-state index is 0.0517. The average molecular weight is 330 g/mol. The van der Waals surface area contributed by atoms with Crippen LogP contribution in [0.2, 0.25) is 5.02 Å². The number of nitrogens with zero attached hydrogens (tertiary/aromatic N) is 1. The molecule has 0 aliphatic rings. The molecular weight excluding hydrogens is 318 g/mol. The first-order chi connectivity index (χ1) is 9.92. The van der Waals surface area contributed by atoms with Crippen LogP contribution in [-0.2, 0) is 16.6 Å². The van der Waals surface area contributed by atoms with E-state index >= 15 is 0 Å². The number of aromatic amines is 1. The highest BCUT2D eigenvalue weighted by Crippen LogP contribution is 2.12. The van der Waals surface area contributed by atoms with Crippen molar-refractivity contribution in [2.45, 2.75) is 11.4 Å². The van der Waals surface area contributed by atoms with E-state index in [1.54, 1.807) is 12.1 Å². The maximum Gasteiger partial charge on any atom is 0.266 e. The molecule has 2 N–H and O–H groups in total. The first-order valence-corrected chi connectivity index (χ1v) is 7.65. The molecule has 7 nitrogen and oxygen atoms in total. The normalized spacial score (nSPS) is 11.3. The highest BCUT2D eigenvalue weighted by Gasteiger charge is 2.15. The molecule has 0 radical (unpaired) electrons. The van der Waals surface area contributed by atoms with Gasteiger partial charge in [0.05, 0.1) is 12.0 Å². The van der Waals surface area contributed by atoms with Gasteiger partial charge in [-0.3, -0.25) is 4.79 Å². The van der Waals surface area contributed by atoms with E-state index in [4.69, 9.17) is 16.3 Å². The fraction of sp³-hybridized carbons (Fsp3) is 0.167. The Hall–Kier alpha value is -1.90. The van der Waals surface area contributed by atoms with Gasteiger partial charge in [-0.15, -0.1) is 0 Å².